The zero-order chi connectivity index (χ0) is 20.5. The summed E-state index contributed by atoms with van der Waals surface area (Å²) in [6.07, 6.45) is 15.2. The number of hydrogen-bond acceptors (Lipinski definition) is 6. The van der Waals surface area contributed by atoms with Gasteiger partial charge in [-0.05, 0) is 25.7 Å². The van der Waals surface area contributed by atoms with E-state index in [1.807, 2.05) is 0 Å². The van der Waals surface area contributed by atoms with Crippen LogP contribution in [0.4, 0.5) is 0 Å². The molecule has 0 atom stereocenters. The highest BCUT2D eigenvalue weighted by Crippen LogP contribution is 2.33. The minimum absolute atomic E-state index is 0.331. The SMILES string of the molecule is CCCCCCCC(=O)OOC1(OOC(=O)CCCCCCC)CCCCC1. The smallest absolute Gasteiger partial charge is 0.295 e. The average molecular weight is 401 g/mol. The molecule has 0 heterocycles. The Morgan fingerprint density at radius 1 is 0.643 bits per heavy atom. The maximum atomic E-state index is 11.9. The van der Waals surface area contributed by atoms with Gasteiger partial charge in [0.25, 0.3) is 5.79 Å². The third-order valence-electron chi connectivity index (χ3n) is 5.16. The maximum absolute atomic E-state index is 11.9. The van der Waals surface area contributed by atoms with E-state index >= 15 is 0 Å². The quantitative estimate of drug-likeness (QED) is 0.131. The summed E-state index contributed by atoms with van der Waals surface area (Å²) >= 11 is 0. The zero-order valence-electron chi connectivity index (χ0n) is 18.0. The van der Waals surface area contributed by atoms with Crippen molar-refractivity contribution in [2.24, 2.45) is 0 Å². The van der Waals surface area contributed by atoms with Gasteiger partial charge in [0.15, 0.2) is 0 Å². The predicted octanol–water partition coefficient (Wildman–Crippen LogP) is 6.32. The van der Waals surface area contributed by atoms with Crippen LogP contribution in [0.5, 0.6) is 0 Å². The van der Waals surface area contributed by atoms with E-state index in [1.165, 1.54) is 25.7 Å². The second-order valence-corrected chi connectivity index (χ2v) is 7.88. The van der Waals surface area contributed by atoms with Crippen molar-refractivity contribution in [1.82, 2.24) is 0 Å². The summed E-state index contributed by atoms with van der Waals surface area (Å²) in [5.74, 6) is -1.95. The molecule has 164 valence electrons. The molecule has 1 rings (SSSR count). The Balaban J connectivity index is 2.29. The fourth-order valence-electron chi connectivity index (χ4n) is 3.34. The van der Waals surface area contributed by atoms with Crippen molar-refractivity contribution in [2.45, 2.75) is 129 Å². The van der Waals surface area contributed by atoms with Gasteiger partial charge in [0.05, 0.1) is 0 Å². The standard InChI is InChI=1S/C22H40O6/c1-3-5-7-9-12-16-20(23)25-27-22(18-14-11-15-19-22)28-26-21(24)17-13-10-8-6-4-2/h3-19H2,1-2H3. The second kappa shape index (κ2) is 15.7. The molecule has 6 heteroatoms. The molecule has 0 N–H and O–H groups in total. The van der Waals surface area contributed by atoms with Crippen LogP contribution in [0.15, 0.2) is 0 Å². The van der Waals surface area contributed by atoms with E-state index in [9.17, 15) is 9.59 Å². The normalized spacial score (nSPS) is 15.9. The summed E-state index contributed by atoms with van der Waals surface area (Å²) in [5, 5.41) is 0. The van der Waals surface area contributed by atoms with E-state index in [4.69, 9.17) is 19.6 Å². The average Bonchev–Trinajstić information content (AvgIpc) is 2.71. The molecule has 1 aliphatic carbocycles. The number of carbonyl (C=O) groups excluding carboxylic acids is 2. The fraction of sp³-hybridized carbons (Fsp3) is 0.909. The Morgan fingerprint density at radius 2 is 1.07 bits per heavy atom. The molecule has 0 bridgehead atoms. The minimum atomic E-state index is -1.16. The van der Waals surface area contributed by atoms with Gasteiger partial charge >= 0.3 is 11.9 Å². The van der Waals surface area contributed by atoms with Crippen LogP contribution >= 0.6 is 0 Å². The van der Waals surface area contributed by atoms with E-state index in [0.717, 1.165) is 57.8 Å². The van der Waals surface area contributed by atoms with Crippen LogP contribution in [0.25, 0.3) is 0 Å². The third-order valence-corrected chi connectivity index (χ3v) is 5.16. The number of carbonyl (C=O) groups is 2. The first kappa shape index (κ1) is 24.9. The van der Waals surface area contributed by atoms with Crippen molar-refractivity contribution >= 4 is 11.9 Å². The van der Waals surface area contributed by atoms with Gasteiger partial charge in [-0.1, -0.05) is 71.6 Å². The van der Waals surface area contributed by atoms with Gasteiger partial charge in [-0.15, -0.1) is 9.78 Å². The van der Waals surface area contributed by atoms with E-state index in [2.05, 4.69) is 13.8 Å². The van der Waals surface area contributed by atoms with Gasteiger partial charge in [-0.3, -0.25) is 9.78 Å². The van der Waals surface area contributed by atoms with Crippen LogP contribution in [-0.2, 0) is 29.1 Å². The highest BCUT2D eigenvalue weighted by atomic mass is 17.3. The van der Waals surface area contributed by atoms with E-state index in [-0.39, 0.29) is 0 Å². The van der Waals surface area contributed by atoms with Gasteiger partial charge in [-0.25, -0.2) is 9.59 Å². The van der Waals surface area contributed by atoms with Crippen LogP contribution in [-0.4, -0.2) is 17.7 Å². The molecule has 1 fully saturated rings. The predicted molar refractivity (Wildman–Crippen MR) is 107 cm³/mol. The van der Waals surface area contributed by atoms with Crippen LogP contribution in [0.2, 0.25) is 0 Å². The lowest BCUT2D eigenvalue weighted by molar-refractivity contribution is -0.487. The van der Waals surface area contributed by atoms with Gasteiger partial charge < -0.3 is 0 Å². The Morgan fingerprint density at radius 3 is 1.50 bits per heavy atom. The van der Waals surface area contributed by atoms with Crippen molar-refractivity contribution in [3.8, 4) is 0 Å². The summed E-state index contributed by atoms with van der Waals surface area (Å²) in [6.45, 7) is 4.32. The molecular formula is C22H40O6. The van der Waals surface area contributed by atoms with Gasteiger partial charge in [0.1, 0.15) is 0 Å². The fourth-order valence-corrected chi connectivity index (χ4v) is 3.34. The largest absolute Gasteiger partial charge is 0.342 e. The van der Waals surface area contributed by atoms with Crippen LogP contribution in [0.1, 0.15) is 123 Å². The molecule has 28 heavy (non-hydrogen) atoms. The lowest BCUT2D eigenvalue weighted by Gasteiger charge is -2.32. The van der Waals surface area contributed by atoms with Crippen LogP contribution in [0, 0.1) is 0 Å². The topological polar surface area (TPSA) is 71.1 Å². The molecule has 1 aliphatic rings. The molecule has 0 spiro atoms. The second-order valence-electron chi connectivity index (χ2n) is 7.88. The molecule has 0 aromatic rings. The first-order valence-corrected chi connectivity index (χ1v) is 11.4. The van der Waals surface area contributed by atoms with Crippen LogP contribution < -0.4 is 0 Å². The Kier molecular flexibility index (Phi) is 14.0. The number of rotatable bonds is 16. The Hall–Kier alpha value is -1.14. The summed E-state index contributed by atoms with van der Waals surface area (Å²) in [4.78, 5) is 44.6. The molecule has 0 aromatic heterocycles. The number of hydrogen-bond donors (Lipinski definition) is 0. The summed E-state index contributed by atoms with van der Waals surface area (Å²) in [5.41, 5.74) is 0. The highest BCUT2D eigenvalue weighted by molar-refractivity contribution is 5.68. The van der Waals surface area contributed by atoms with Gasteiger partial charge in [-0.2, -0.15) is 0 Å². The Bertz CT molecular complexity index is 385. The van der Waals surface area contributed by atoms with E-state index in [1.54, 1.807) is 0 Å². The lowest BCUT2D eigenvalue weighted by atomic mass is 9.94. The molecular weight excluding hydrogens is 360 g/mol. The molecule has 0 saturated heterocycles. The highest BCUT2D eigenvalue weighted by Gasteiger charge is 2.40. The number of unbranched alkanes of at least 4 members (excludes halogenated alkanes) is 8. The van der Waals surface area contributed by atoms with Crippen molar-refractivity contribution in [2.75, 3.05) is 0 Å². The molecule has 1 saturated carbocycles. The first-order valence-electron chi connectivity index (χ1n) is 11.4. The van der Waals surface area contributed by atoms with Crippen LogP contribution in [0.3, 0.4) is 0 Å². The first-order chi connectivity index (χ1) is 13.6. The summed E-state index contributed by atoms with van der Waals surface area (Å²) < 4.78 is 0. The maximum Gasteiger partial charge on any atom is 0.342 e. The van der Waals surface area contributed by atoms with Crippen molar-refractivity contribution in [3.63, 3.8) is 0 Å². The van der Waals surface area contributed by atoms with E-state index < -0.39 is 17.7 Å². The van der Waals surface area contributed by atoms with Gasteiger partial charge in [0.2, 0.25) is 0 Å². The third kappa shape index (κ3) is 11.6. The monoisotopic (exact) mass is 400 g/mol. The molecule has 0 radical (unpaired) electrons. The van der Waals surface area contributed by atoms with Crippen molar-refractivity contribution in [1.29, 1.82) is 0 Å². The Labute approximate surface area is 170 Å². The summed E-state index contributed by atoms with van der Waals surface area (Å²) in [6, 6.07) is 0. The molecule has 0 aromatic carbocycles. The molecule has 0 amide bonds. The minimum Gasteiger partial charge on any atom is -0.295 e. The summed E-state index contributed by atoms with van der Waals surface area (Å²) in [7, 11) is 0. The zero-order valence-corrected chi connectivity index (χ0v) is 18.0. The lowest BCUT2D eigenvalue weighted by Crippen LogP contribution is -2.39. The molecule has 0 unspecified atom stereocenters. The van der Waals surface area contributed by atoms with Crippen molar-refractivity contribution < 1.29 is 29.1 Å². The molecule has 6 nitrogen and oxygen atoms in total. The van der Waals surface area contributed by atoms with Gasteiger partial charge in [0, 0.05) is 25.7 Å². The van der Waals surface area contributed by atoms with E-state index in [0.29, 0.717) is 25.7 Å². The molecule has 0 aliphatic heterocycles. The van der Waals surface area contributed by atoms with Crippen molar-refractivity contribution in [3.05, 3.63) is 0 Å².